The van der Waals surface area contributed by atoms with Gasteiger partial charge in [-0.15, -0.1) is 0 Å². The van der Waals surface area contributed by atoms with Crippen LogP contribution >= 0.6 is 0 Å². The Hall–Kier alpha value is -2.38. The minimum absolute atomic E-state index is 0.125. The lowest BCUT2D eigenvalue weighted by Gasteiger charge is -2.19. The number of anilines is 1. The molecule has 0 bridgehead atoms. The number of Topliss-reactive ketones (excluding diaryl/α,β-unsaturated/α-hetero) is 1. The van der Waals surface area contributed by atoms with Crippen LogP contribution in [-0.2, 0) is 10.0 Å². The first kappa shape index (κ1) is 19.4. The normalized spacial score (nSPS) is 17.1. The predicted molar refractivity (Wildman–Crippen MR) is 105 cm³/mol. The van der Waals surface area contributed by atoms with Crippen molar-refractivity contribution in [3.8, 4) is 5.75 Å². The van der Waals surface area contributed by atoms with Crippen molar-refractivity contribution in [3.05, 3.63) is 54.1 Å². The average Bonchev–Trinajstić information content (AvgIpc) is 3.16. The summed E-state index contributed by atoms with van der Waals surface area (Å²) in [5.41, 5.74) is 1.50. The van der Waals surface area contributed by atoms with E-state index in [9.17, 15) is 13.2 Å². The maximum absolute atomic E-state index is 12.5. The summed E-state index contributed by atoms with van der Waals surface area (Å²) in [4.78, 5) is 13.8. The Morgan fingerprint density at radius 2 is 1.96 bits per heavy atom. The average molecular weight is 388 g/mol. The molecule has 0 spiro atoms. The number of hydrogen-bond acceptors (Lipinski definition) is 5. The topological polar surface area (TPSA) is 75.7 Å². The van der Waals surface area contributed by atoms with E-state index >= 15 is 0 Å². The van der Waals surface area contributed by atoms with Crippen molar-refractivity contribution in [2.75, 3.05) is 31.6 Å². The summed E-state index contributed by atoms with van der Waals surface area (Å²) < 4.78 is 32.9. The number of methoxy groups -OCH3 is 1. The summed E-state index contributed by atoms with van der Waals surface area (Å²) in [6, 6.07) is 14.0. The molecule has 6 nitrogen and oxygen atoms in total. The second-order valence-electron chi connectivity index (χ2n) is 6.73. The number of nitrogens with zero attached hydrogens (tertiary/aromatic N) is 1. The quantitative estimate of drug-likeness (QED) is 0.738. The minimum atomic E-state index is -3.63. The highest BCUT2D eigenvalue weighted by Gasteiger charge is 2.25. The van der Waals surface area contributed by atoms with Crippen LogP contribution in [0.25, 0.3) is 0 Å². The van der Waals surface area contributed by atoms with Crippen LogP contribution < -0.4 is 14.4 Å². The van der Waals surface area contributed by atoms with E-state index in [1.807, 2.05) is 24.3 Å². The van der Waals surface area contributed by atoms with Crippen LogP contribution in [0.2, 0.25) is 0 Å². The molecule has 0 aromatic heterocycles. The van der Waals surface area contributed by atoms with E-state index in [-0.39, 0.29) is 16.6 Å². The summed E-state index contributed by atoms with van der Waals surface area (Å²) in [7, 11) is -1.99. The van der Waals surface area contributed by atoms with Gasteiger partial charge in [-0.1, -0.05) is 12.1 Å². The zero-order valence-electron chi connectivity index (χ0n) is 15.5. The molecular weight excluding hydrogens is 364 g/mol. The van der Waals surface area contributed by atoms with Crippen LogP contribution in [0.1, 0.15) is 23.7 Å². The molecule has 144 valence electrons. The van der Waals surface area contributed by atoms with E-state index in [0.717, 1.165) is 30.9 Å². The standard InChI is InChI=1S/C20H24N2O4S/c1-15(23)17-4-3-5-20(12-17)27(24,25)21-13-16-10-11-22(14-16)18-6-8-19(26-2)9-7-18/h3-9,12,16,21H,10-11,13-14H2,1-2H3. The van der Waals surface area contributed by atoms with Gasteiger partial charge in [0.25, 0.3) is 0 Å². The van der Waals surface area contributed by atoms with Gasteiger partial charge in [0, 0.05) is 30.9 Å². The molecule has 0 aliphatic carbocycles. The van der Waals surface area contributed by atoms with E-state index in [1.165, 1.54) is 19.1 Å². The minimum Gasteiger partial charge on any atom is -0.497 e. The molecule has 0 amide bonds. The number of hydrogen-bond donors (Lipinski definition) is 1. The van der Waals surface area contributed by atoms with Crippen LogP contribution in [0.5, 0.6) is 5.75 Å². The molecule has 1 N–H and O–H groups in total. The van der Waals surface area contributed by atoms with Crippen molar-refractivity contribution < 1.29 is 17.9 Å². The molecular formula is C20H24N2O4S. The van der Waals surface area contributed by atoms with Gasteiger partial charge in [0.15, 0.2) is 5.78 Å². The Balaban J connectivity index is 1.60. The van der Waals surface area contributed by atoms with Gasteiger partial charge in [-0.05, 0) is 55.7 Å². The van der Waals surface area contributed by atoms with Gasteiger partial charge in [0.05, 0.1) is 12.0 Å². The van der Waals surface area contributed by atoms with E-state index in [0.29, 0.717) is 12.1 Å². The highest BCUT2D eigenvalue weighted by atomic mass is 32.2. The van der Waals surface area contributed by atoms with Gasteiger partial charge in [-0.3, -0.25) is 4.79 Å². The van der Waals surface area contributed by atoms with Gasteiger partial charge in [-0.2, -0.15) is 0 Å². The first-order valence-corrected chi connectivity index (χ1v) is 10.4. The van der Waals surface area contributed by atoms with Crippen LogP contribution in [-0.4, -0.2) is 40.9 Å². The predicted octanol–water partition coefficient (Wildman–Crippen LogP) is 2.70. The molecule has 7 heteroatoms. The Morgan fingerprint density at radius 1 is 1.22 bits per heavy atom. The molecule has 1 heterocycles. The molecule has 1 saturated heterocycles. The van der Waals surface area contributed by atoms with E-state index in [4.69, 9.17) is 4.74 Å². The van der Waals surface area contributed by atoms with E-state index in [1.54, 1.807) is 19.2 Å². The molecule has 1 unspecified atom stereocenters. The van der Waals surface area contributed by atoms with Crippen molar-refractivity contribution in [2.24, 2.45) is 5.92 Å². The molecule has 0 saturated carbocycles. The number of sulfonamides is 1. The van der Waals surface area contributed by atoms with Crippen molar-refractivity contribution >= 4 is 21.5 Å². The highest BCUT2D eigenvalue weighted by Crippen LogP contribution is 2.25. The smallest absolute Gasteiger partial charge is 0.240 e. The molecule has 0 radical (unpaired) electrons. The number of nitrogens with one attached hydrogen (secondary N) is 1. The van der Waals surface area contributed by atoms with Gasteiger partial charge in [0.1, 0.15) is 5.75 Å². The largest absolute Gasteiger partial charge is 0.497 e. The van der Waals surface area contributed by atoms with Gasteiger partial charge in [-0.25, -0.2) is 13.1 Å². The zero-order valence-corrected chi connectivity index (χ0v) is 16.3. The number of rotatable bonds is 7. The Bertz CT molecular complexity index is 910. The molecule has 1 atom stereocenters. The lowest BCUT2D eigenvalue weighted by atomic mass is 10.1. The molecule has 2 aromatic rings. The third kappa shape index (κ3) is 4.67. The fourth-order valence-electron chi connectivity index (χ4n) is 3.22. The molecule has 1 aliphatic heterocycles. The van der Waals surface area contributed by atoms with Crippen molar-refractivity contribution in [3.63, 3.8) is 0 Å². The summed E-state index contributed by atoms with van der Waals surface area (Å²) in [6.07, 6.45) is 0.919. The molecule has 27 heavy (non-hydrogen) atoms. The summed E-state index contributed by atoms with van der Waals surface area (Å²) in [5, 5.41) is 0. The first-order chi connectivity index (χ1) is 12.9. The maximum atomic E-state index is 12.5. The molecule has 1 aliphatic rings. The fourth-order valence-corrected chi connectivity index (χ4v) is 4.38. The lowest BCUT2D eigenvalue weighted by molar-refractivity contribution is 0.101. The van der Waals surface area contributed by atoms with Crippen molar-refractivity contribution in [1.82, 2.24) is 4.72 Å². The number of ether oxygens (including phenoxy) is 1. The summed E-state index contributed by atoms with van der Waals surface area (Å²) in [5.74, 6) is 0.894. The summed E-state index contributed by atoms with van der Waals surface area (Å²) >= 11 is 0. The van der Waals surface area contributed by atoms with Crippen molar-refractivity contribution in [2.45, 2.75) is 18.2 Å². The third-order valence-electron chi connectivity index (χ3n) is 4.84. The highest BCUT2D eigenvalue weighted by molar-refractivity contribution is 7.89. The number of ketones is 1. The molecule has 1 fully saturated rings. The first-order valence-electron chi connectivity index (χ1n) is 8.89. The lowest BCUT2D eigenvalue weighted by Crippen LogP contribution is -2.31. The molecule has 2 aromatic carbocycles. The summed E-state index contributed by atoms with van der Waals surface area (Å²) in [6.45, 7) is 3.48. The maximum Gasteiger partial charge on any atom is 0.240 e. The number of benzene rings is 2. The molecule has 3 rings (SSSR count). The fraction of sp³-hybridized carbons (Fsp3) is 0.350. The van der Waals surface area contributed by atoms with Gasteiger partial charge >= 0.3 is 0 Å². The van der Waals surface area contributed by atoms with Crippen LogP contribution in [0.15, 0.2) is 53.4 Å². The van der Waals surface area contributed by atoms with Crippen LogP contribution in [0.4, 0.5) is 5.69 Å². The van der Waals surface area contributed by atoms with Crippen LogP contribution in [0, 0.1) is 5.92 Å². The Morgan fingerprint density at radius 3 is 2.63 bits per heavy atom. The van der Waals surface area contributed by atoms with Gasteiger partial charge in [0.2, 0.25) is 10.0 Å². The zero-order chi connectivity index (χ0) is 19.4. The Labute approximate surface area is 160 Å². The van der Waals surface area contributed by atoms with Gasteiger partial charge < -0.3 is 9.64 Å². The second kappa shape index (κ2) is 8.10. The number of carbonyl (C=O) groups excluding carboxylic acids is 1. The van der Waals surface area contributed by atoms with Crippen molar-refractivity contribution in [1.29, 1.82) is 0 Å². The van der Waals surface area contributed by atoms with Crippen LogP contribution in [0.3, 0.4) is 0 Å². The SMILES string of the molecule is COc1ccc(N2CCC(CNS(=O)(=O)c3cccc(C(C)=O)c3)C2)cc1. The third-order valence-corrected chi connectivity index (χ3v) is 6.26. The monoisotopic (exact) mass is 388 g/mol. The van der Waals surface area contributed by atoms with E-state index < -0.39 is 10.0 Å². The second-order valence-corrected chi connectivity index (χ2v) is 8.50. The number of carbonyl (C=O) groups is 1. The Kier molecular flexibility index (Phi) is 5.82. The van der Waals surface area contributed by atoms with E-state index in [2.05, 4.69) is 9.62 Å².